The van der Waals surface area contributed by atoms with Gasteiger partial charge >= 0.3 is 0 Å². The highest BCUT2D eigenvalue weighted by molar-refractivity contribution is 7.09. The van der Waals surface area contributed by atoms with E-state index in [1.54, 1.807) is 14.2 Å². The predicted molar refractivity (Wildman–Crippen MR) is 87.5 cm³/mol. The third-order valence-corrected chi connectivity index (χ3v) is 3.44. The van der Waals surface area contributed by atoms with Crippen LogP contribution in [0.1, 0.15) is 19.7 Å². The van der Waals surface area contributed by atoms with Crippen LogP contribution in [0.25, 0.3) is 0 Å². The molecule has 1 N–H and O–H groups in total. The molecule has 1 aromatic heterocycles. The van der Waals surface area contributed by atoms with Gasteiger partial charge in [-0.05, 0) is 26.0 Å². The molecule has 0 radical (unpaired) electrons. The van der Waals surface area contributed by atoms with E-state index in [0.717, 1.165) is 22.4 Å². The minimum absolute atomic E-state index is 0.0965. The van der Waals surface area contributed by atoms with Crippen LogP contribution in [0.2, 0.25) is 0 Å². The average Bonchev–Trinajstić information content (AvgIpc) is 2.93. The van der Waals surface area contributed by atoms with Crippen molar-refractivity contribution in [1.82, 2.24) is 9.36 Å². The van der Waals surface area contributed by atoms with Gasteiger partial charge in [0.1, 0.15) is 5.82 Å². The number of rotatable bonds is 8. The van der Waals surface area contributed by atoms with E-state index in [0.29, 0.717) is 18.8 Å². The Kier molecular flexibility index (Phi) is 5.97. The van der Waals surface area contributed by atoms with E-state index in [-0.39, 0.29) is 6.10 Å². The van der Waals surface area contributed by atoms with Crippen LogP contribution in [-0.2, 0) is 11.2 Å². The first-order valence-corrected chi connectivity index (χ1v) is 7.83. The summed E-state index contributed by atoms with van der Waals surface area (Å²) in [6.07, 6.45) is 0.804. The van der Waals surface area contributed by atoms with Crippen molar-refractivity contribution in [3.8, 4) is 11.5 Å². The summed E-state index contributed by atoms with van der Waals surface area (Å²) in [4.78, 5) is 4.41. The number of nitrogens with zero attached hydrogens (tertiary/aromatic N) is 2. The molecule has 0 fully saturated rings. The number of hydrogen-bond acceptors (Lipinski definition) is 7. The van der Waals surface area contributed by atoms with Gasteiger partial charge in [-0.3, -0.25) is 0 Å². The molecule has 6 nitrogen and oxygen atoms in total. The van der Waals surface area contributed by atoms with Gasteiger partial charge in [-0.2, -0.15) is 4.37 Å². The molecule has 0 spiro atoms. The summed E-state index contributed by atoms with van der Waals surface area (Å²) in [7, 11) is 3.29. The van der Waals surface area contributed by atoms with E-state index in [9.17, 15) is 0 Å². The Morgan fingerprint density at radius 2 is 2.05 bits per heavy atom. The normalized spacial score (nSPS) is 10.8. The van der Waals surface area contributed by atoms with Gasteiger partial charge in [-0.15, -0.1) is 0 Å². The van der Waals surface area contributed by atoms with Gasteiger partial charge in [0, 0.05) is 36.8 Å². The van der Waals surface area contributed by atoms with Crippen molar-refractivity contribution in [2.75, 3.05) is 26.1 Å². The molecule has 0 bridgehead atoms. The molecule has 1 aromatic carbocycles. The number of anilines is 2. The summed E-state index contributed by atoms with van der Waals surface area (Å²) >= 11 is 1.32. The highest BCUT2D eigenvalue weighted by Gasteiger charge is 2.09. The third kappa shape index (κ3) is 4.57. The zero-order chi connectivity index (χ0) is 15.9. The van der Waals surface area contributed by atoms with Crippen molar-refractivity contribution in [1.29, 1.82) is 0 Å². The molecule has 0 saturated carbocycles. The molecule has 0 aliphatic rings. The molecule has 0 aliphatic carbocycles. The van der Waals surface area contributed by atoms with Crippen LogP contribution in [0.15, 0.2) is 18.2 Å². The van der Waals surface area contributed by atoms with Gasteiger partial charge in [-0.1, -0.05) is 0 Å². The highest BCUT2D eigenvalue weighted by atomic mass is 32.1. The molecule has 2 aromatic rings. The first kappa shape index (κ1) is 16.5. The molecule has 0 aliphatic heterocycles. The SMILES string of the molecule is COCCc1nsc(Nc2ccc(OC(C)C)c(OC)c2)n1. The molecule has 120 valence electrons. The van der Waals surface area contributed by atoms with E-state index >= 15 is 0 Å². The van der Waals surface area contributed by atoms with E-state index < -0.39 is 0 Å². The van der Waals surface area contributed by atoms with Crippen LogP contribution in [0, 0.1) is 0 Å². The standard InChI is InChI=1S/C15H21N3O3S/c1-10(2)21-12-6-5-11(9-13(12)20-4)16-15-17-14(18-22-15)7-8-19-3/h5-6,9-10H,7-8H2,1-4H3,(H,16,17,18). The predicted octanol–water partition coefficient (Wildman–Crippen LogP) is 3.27. The maximum Gasteiger partial charge on any atom is 0.207 e. The summed E-state index contributed by atoms with van der Waals surface area (Å²) in [5, 5.41) is 3.97. The van der Waals surface area contributed by atoms with Gasteiger partial charge in [0.25, 0.3) is 0 Å². The Labute approximate surface area is 134 Å². The molecular formula is C15H21N3O3S. The molecule has 2 rings (SSSR count). The van der Waals surface area contributed by atoms with E-state index in [1.807, 2.05) is 32.0 Å². The third-order valence-electron chi connectivity index (χ3n) is 2.78. The van der Waals surface area contributed by atoms with Gasteiger partial charge in [0.05, 0.1) is 19.8 Å². The Balaban J connectivity index is 2.07. The minimum Gasteiger partial charge on any atom is -0.493 e. The van der Waals surface area contributed by atoms with Crippen LogP contribution < -0.4 is 14.8 Å². The topological polar surface area (TPSA) is 65.5 Å². The fourth-order valence-electron chi connectivity index (χ4n) is 1.82. The van der Waals surface area contributed by atoms with E-state index in [1.165, 1.54) is 11.5 Å². The fourth-order valence-corrected chi connectivity index (χ4v) is 2.45. The second kappa shape index (κ2) is 7.95. The minimum atomic E-state index is 0.0965. The molecular weight excluding hydrogens is 302 g/mol. The largest absolute Gasteiger partial charge is 0.493 e. The molecule has 22 heavy (non-hydrogen) atoms. The monoisotopic (exact) mass is 323 g/mol. The summed E-state index contributed by atoms with van der Waals surface area (Å²) < 4.78 is 20.4. The van der Waals surface area contributed by atoms with Crippen molar-refractivity contribution in [2.45, 2.75) is 26.4 Å². The van der Waals surface area contributed by atoms with Crippen LogP contribution in [0.3, 0.4) is 0 Å². The number of nitrogens with one attached hydrogen (secondary N) is 1. The number of hydrogen-bond donors (Lipinski definition) is 1. The van der Waals surface area contributed by atoms with Crippen molar-refractivity contribution in [3.05, 3.63) is 24.0 Å². The summed E-state index contributed by atoms with van der Waals surface area (Å²) in [6, 6.07) is 5.69. The zero-order valence-electron chi connectivity index (χ0n) is 13.3. The van der Waals surface area contributed by atoms with Crippen LogP contribution in [0.4, 0.5) is 10.8 Å². The van der Waals surface area contributed by atoms with Crippen LogP contribution in [-0.4, -0.2) is 36.3 Å². The average molecular weight is 323 g/mol. The quantitative estimate of drug-likeness (QED) is 0.804. The van der Waals surface area contributed by atoms with Crippen LogP contribution >= 0.6 is 11.5 Å². The maximum atomic E-state index is 5.70. The Hall–Kier alpha value is -1.86. The molecule has 7 heteroatoms. The molecule has 0 saturated heterocycles. The number of ether oxygens (including phenoxy) is 3. The van der Waals surface area contributed by atoms with Gasteiger partial charge < -0.3 is 19.5 Å². The molecule has 0 unspecified atom stereocenters. The number of benzene rings is 1. The first-order valence-electron chi connectivity index (χ1n) is 7.05. The van der Waals surface area contributed by atoms with Crippen molar-refractivity contribution in [2.24, 2.45) is 0 Å². The van der Waals surface area contributed by atoms with Crippen molar-refractivity contribution in [3.63, 3.8) is 0 Å². The van der Waals surface area contributed by atoms with E-state index in [2.05, 4.69) is 14.7 Å². The number of methoxy groups -OCH3 is 2. The summed E-state index contributed by atoms with van der Waals surface area (Å²) in [5.41, 5.74) is 0.877. The zero-order valence-corrected chi connectivity index (χ0v) is 14.1. The van der Waals surface area contributed by atoms with Gasteiger partial charge in [-0.25, -0.2) is 4.98 Å². The lowest BCUT2D eigenvalue weighted by Gasteiger charge is -2.14. The molecule has 0 amide bonds. The Morgan fingerprint density at radius 3 is 2.73 bits per heavy atom. The lowest BCUT2D eigenvalue weighted by Crippen LogP contribution is -2.06. The maximum absolute atomic E-state index is 5.70. The van der Waals surface area contributed by atoms with Crippen LogP contribution in [0.5, 0.6) is 11.5 Å². The fraction of sp³-hybridized carbons (Fsp3) is 0.467. The summed E-state index contributed by atoms with van der Waals surface area (Å²) in [5.74, 6) is 2.19. The second-order valence-electron chi connectivity index (χ2n) is 4.92. The Morgan fingerprint density at radius 1 is 1.23 bits per heavy atom. The van der Waals surface area contributed by atoms with Gasteiger partial charge in [0.15, 0.2) is 11.5 Å². The molecule has 1 heterocycles. The van der Waals surface area contributed by atoms with Crippen molar-refractivity contribution < 1.29 is 14.2 Å². The highest BCUT2D eigenvalue weighted by Crippen LogP contribution is 2.32. The number of aromatic nitrogens is 2. The summed E-state index contributed by atoms with van der Waals surface area (Å²) in [6.45, 7) is 4.58. The van der Waals surface area contributed by atoms with Gasteiger partial charge in [0.2, 0.25) is 5.13 Å². The second-order valence-corrected chi connectivity index (χ2v) is 5.67. The van der Waals surface area contributed by atoms with Crippen molar-refractivity contribution >= 4 is 22.4 Å². The lowest BCUT2D eigenvalue weighted by atomic mass is 10.2. The lowest BCUT2D eigenvalue weighted by molar-refractivity contribution is 0.201. The smallest absolute Gasteiger partial charge is 0.207 e. The van der Waals surface area contributed by atoms with E-state index in [4.69, 9.17) is 14.2 Å². The molecule has 0 atom stereocenters. The first-order chi connectivity index (χ1) is 10.6. The Bertz CT molecular complexity index is 601.